The highest BCUT2D eigenvalue weighted by atomic mass is 35.5. The van der Waals surface area contributed by atoms with Gasteiger partial charge in [-0.15, -0.1) is 0 Å². The van der Waals surface area contributed by atoms with Crippen LogP contribution in [0.4, 0.5) is 5.69 Å². The van der Waals surface area contributed by atoms with E-state index in [1.807, 2.05) is 6.07 Å². The average Bonchev–Trinajstić information content (AvgIpc) is 2.61. The monoisotopic (exact) mass is 342 g/mol. The molecule has 0 saturated heterocycles. The summed E-state index contributed by atoms with van der Waals surface area (Å²) >= 11 is 6.00. The van der Waals surface area contributed by atoms with Crippen LogP contribution in [0.15, 0.2) is 48.0 Å². The molecule has 0 spiro atoms. The first kappa shape index (κ1) is 17.4. The van der Waals surface area contributed by atoms with Crippen molar-refractivity contribution in [2.75, 3.05) is 19.5 Å². The number of hydrogen-bond donors (Lipinski definition) is 1. The van der Waals surface area contributed by atoms with E-state index < -0.39 is 5.91 Å². The van der Waals surface area contributed by atoms with E-state index in [4.69, 9.17) is 21.1 Å². The summed E-state index contributed by atoms with van der Waals surface area (Å²) < 4.78 is 10.4. The highest BCUT2D eigenvalue weighted by molar-refractivity contribution is 6.34. The molecule has 2 aromatic carbocycles. The van der Waals surface area contributed by atoms with Gasteiger partial charge in [0.25, 0.3) is 5.91 Å². The number of anilines is 1. The van der Waals surface area contributed by atoms with Crippen LogP contribution in [0.5, 0.6) is 11.5 Å². The molecule has 0 aliphatic carbocycles. The fraction of sp³-hybridized carbons (Fsp3) is 0.111. The Balaban J connectivity index is 2.27. The van der Waals surface area contributed by atoms with E-state index in [1.165, 1.54) is 20.3 Å². The zero-order valence-electron chi connectivity index (χ0n) is 13.2. The Bertz CT molecular complexity index is 825. The molecule has 1 N–H and O–H groups in total. The molecule has 0 unspecified atom stereocenters. The Morgan fingerprint density at radius 3 is 2.50 bits per heavy atom. The smallest absolute Gasteiger partial charge is 0.266 e. The number of methoxy groups -OCH3 is 2. The van der Waals surface area contributed by atoms with E-state index in [-0.39, 0.29) is 5.57 Å². The first-order chi connectivity index (χ1) is 11.6. The summed E-state index contributed by atoms with van der Waals surface area (Å²) in [5.74, 6) is 0.532. The molecule has 0 heterocycles. The number of halogens is 1. The number of nitrogens with zero attached hydrogens (tertiary/aromatic N) is 1. The molecule has 0 aromatic heterocycles. The number of para-hydroxylation sites is 1. The lowest BCUT2D eigenvalue weighted by Gasteiger charge is -2.08. The van der Waals surface area contributed by atoms with Crippen LogP contribution in [0.3, 0.4) is 0 Å². The minimum Gasteiger partial charge on any atom is -0.493 e. The molecule has 1 amide bonds. The van der Waals surface area contributed by atoms with Crippen molar-refractivity contribution in [3.8, 4) is 17.6 Å². The van der Waals surface area contributed by atoms with Crippen molar-refractivity contribution < 1.29 is 14.3 Å². The second kappa shape index (κ2) is 8.04. The zero-order chi connectivity index (χ0) is 17.5. The lowest BCUT2D eigenvalue weighted by molar-refractivity contribution is -0.112. The number of nitrogens with one attached hydrogen (secondary N) is 1. The second-order valence-corrected chi connectivity index (χ2v) is 5.13. The van der Waals surface area contributed by atoms with Gasteiger partial charge in [0.15, 0.2) is 11.5 Å². The summed E-state index contributed by atoms with van der Waals surface area (Å²) in [5, 5.41) is 12.3. The number of nitriles is 1. The van der Waals surface area contributed by atoms with Crippen LogP contribution in [0.25, 0.3) is 6.08 Å². The third-order valence-corrected chi connectivity index (χ3v) is 3.54. The third kappa shape index (κ3) is 4.06. The number of amides is 1. The lowest BCUT2D eigenvalue weighted by Crippen LogP contribution is -2.13. The molecule has 0 aliphatic rings. The van der Waals surface area contributed by atoms with Gasteiger partial charge in [0, 0.05) is 0 Å². The Morgan fingerprint density at radius 2 is 1.88 bits per heavy atom. The molecule has 0 fully saturated rings. The summed E-state index contributed by atoms with van der Waals surface area (Å²) in [6.45, 7) is 0. The van der Waals surface area contributed by atoms with Gasteiger partial charge in [0.1, 0.15) is 11.6 Å². The first-order valence-electron chi connectivity index (χ1n) is 6.98. The third-order valence-electron chi connectivity index (χ3n) is 3.21. The van der Waals surface area contributed by atoms with Gasteiger partial charge in [-0.3, -0.25) is 4.79 Å². The summed E-state index contributed by atoms with van der Waals surface area (Å²) in [6.07, 6.45) is 1.47. The highest BCUT2D eigenvalue weighted by Gasteiger charge is 2.12. The van der Waals surface area contributed by atoms with Crippen LogP contribution in [0, 0.1) is 11.3 Å². The molecule has 0 atom stereocenters. The van der Waals surface area contributed by atoms with Crippen LogP contribution in [0.1, 0.15) is 5.56 Å². The van der Waals surface area contributed by atoms with Crippen molar-refractivity contribution in [3.63, 3.8) is 0 Å². The standard InChI is InChI=1S/C18H15ClN2O3/c1-23-16-8-7-12(10-17(16)24-2)9-13(11-20)18(22)21-15-6-4-3-5-14(15)19/h3-10H,1-2H3,(H,21,22)/b13-9+. The van der Waals surface area contributed by atoms with E-state index in [0.29, 0.717) is 27.8 Å². The van der Waals surface area contributed by atoms with E-state index in [9.17, 15) is 10.1 Å². The summed E-state index contributed by atoms with van der Waals surface area (Å²) in [5.41, 5.74) is 1.03. The summed E-state index contributed by atoms with van der Waals surface area (Å²) in [6, 6.07) is 13.8. The first-order valence-corrected chi connectivity index (χ1v) is 7.36. The van der Waals surface area contributed by atoms with Crippen molar-refractivity contribution in [2.24, 2.45) is 0 Å². The van der Waals surface area contributed by atoms with Crippen molar-refractivity contribution in [2.45, 2.75) is 0 Å². The Labute approximate surface area is 145 Å². The molecular formula is C18H15ClN2O3. The quantitative estimate of drug-likeness (QED) is 0.660. The molecule has 6 heteroatoms. The van der Waals surface area contributed by atoms with E-state index in [1.54, 1.807) is 42.5 Å². The van der Waals surface area contributed by atoms with Crippen LogP contribution >= 0.6 is 11.6 Å². The Hall–Kier alpha value is -2.97. The fourth-order valence-electron chi connectivity index (χ4n) is 2.01. The van der Waals surface area contributed by atoms with Crippen molar-refractivity contribution >= 4 is 29.3 Å². The van der Waals surface area contributed by atoms with Crippen LogP contribution in [-0.4, -0.2) is 20.1 Å². The van der Waals surface area contributed by atoms with Crippen LogP contribution in [-0.2, 0) is 4.79 Å². The maximum atomic E-state index is 12.3. The molecule has 0 saturated carbocycles. The number of rotatable bonds is 5. The summed E-state index contributed by atoms with van der Waals surface area (Å²) in [4.78, 5) is 12.3. The van der Waals surface area contributed by atoms with Gasteiger partial charge in [-0.2, -0.15) is 5.26 Å². The average molecular weight is 343 g/mol. The molecule has 122 valence electrons. The highest BCUT2D eigenvalue weighted by Crippen LogP contribution is 2.28. The minimum atomic E-state index is -0.541. The molecular weight excluding hydrogens is 328 g/mol. The van der Waals surface area contributed by atoms with Gasteiger partial charge < -0.3 is 14.8 Å². The molecule has 5 nitrogen and oxygen atoms in total. The normalized spacial score (nSPS) is 10.7. The minimum absolute atomic E-state index is 0.0536. The van der Waals surface area contributed by atoms with E-state index in [0.717, 1.165) is 0 Å². The molecule has 2 aromatic rings. The van der Waals surface area contributed by atoms with Crippen LogP contribution in [0.2, 0.25) is 5.02 Å². The topological polar surface area (TPSA) is 71.3 Å². The molecule has 2 rings (SSSR count). The van der Waals surface area contributed by atoms with Crippen molar-refractivity contribution in [1.82, 2.24) is 0 Å². The van der Waals surface area contributed by atoms with Gasteiger partial charge in [0.2, 0.25) is 0 Å². The largest absolute Gasteiger partial charge is 0.493 e. The van der Waals surface area contributed by atoms with E-state index in [2.05, 4.69) is 5.32 Å². The summed E-state index contributed by atoms with van der Waals surface area (Å²) in [7, 11) is 3.05. The molecule has 0 radical (unpaired) electrons. The van der Waals surface area contributed by atoms with Crippen LogP contribution < -0.4 is 14.8 Å². The van der Waals surface area contributed by atoms with Gasteiger partial charge in [0.05, 0.1) is 24.9 Å². The predicted octanol–water partition coefficient (Wildman–Crippen LogP) is 3.90. The maximum Gasteiger partial charge on any atom is 0.266 e. The van der Waals surface area contributed by atoms with Crippen molar-refractivity contribution in [3.05, 3.63) is 58.6 Å². The molecule has 24 heavy (non-hydrogen) atoms. The fourth-order valence-corrected chi connectivity index (χ4v) is 2.19. The Morgan fingerprint density at radius 1 is 1.17 bits per heavy atom. The number of carbonyl (C=O) groups is 1. The maximum absolute atomic E-state index is 12.3. The number of carbonyl (C=O) groups excluding carboxylic acids is 1. The molecule has 0 bridgehead atoms. The van der Waals surface area contributed by atoms with Gasteiger partial charge >= 0.3 is 0 Å². The Kier molecular flexibility index (Phi) is 5.83. The second-order valence-electron chi connectivity index (χ2n) is 4.72. The lowest BCUT2D eigenvalue weighted by atomic mass is 10.1. The predicted molar refractivity (Wildman–Crippen MR) is 93.2 cm³/mol. The van der Waals surface area contributed by atoms with E-state index >= 15 is 0 Å². The molecule has 0 aliphatic heterocycles. The van der Waals surface area contributed by atoms with Gasteiger partial charge in [-0.1, -0.05) is 29.8 Å². The number of benzene rings is 2. The number of ether oxygens (including phenoxy) is 2. The van der Waals surface area contributed by atoms with Gasteiger partial charge in [-0.05, 0) is 35.9 Å². The van der Waals surface area contributed by atoms with Crippen molar-refractivity contribution in [1.29, 1.82) is 5.26 Å². The number of hydrogen-bond acceptors (Lipinski definition) is 4. The SMILES string of the molecule is COc1ccc(/C=C(\C#N)C(=O)Nc2ccccc2Cl)cc1OC. The zero-order valence-corrected chi connectivity index (χ0v) is 13.9. The van der Waals surface area contributed by atoms with Gasteiger partial charge in [-0.25, -0.2) is 0 Å².